The van der Waals surface area contributed by atoms with Gasteiger partial charge >= 0.3 is 0 Å². The van der Waals surface area contributed by atoms with E-state index in [0.717, 1.165) is 33.5 Å². The molecule has 32 heavy (non-hydrogen) atoms. The fraction of sp³-hybridized carbons (Fsp3) is 0.280. The molecule has 164 valence electrons. The average Bonchev–Trinajstić information content (AvgIpc) is 2.78. The van der Waals surface area contributed by atoms with Crippen molar-refractivity contribution in [3.8, 4) is 22.4 Å². The van der Waals surface area contributed by atoms with Crippen LogP contribution in [-0.2, 0) is 11.3 Å². The molecule has 0 saturated carbocycles. The average molecular weight is 430 g/mol. The topological polar surface area (TPSA) is 95.9 Å². The minimum absolute atomic E-state index is 0.100. The van der Waals surface area contributed by atoms with Gasteiger partial charge in [0.15, 0.2) is 0 Å². The van der Waals surface area contributed by atoms with Crippen LogP contribution in [0.3, 0.4) is 0 Å². The van der Waals surface area contributed by atoms with Crippen molar-refractivity contribution in [1.82, 2.24) is 19.5 Å². The second kappa shape index (κ2) is 9.38. The van der Waals surface area contributed by atoms with Crippen LogP contribution in [0.4, 0.5) is 0 Å². The summed E-state index contributed by atoms with van der Waals surface area (Å²) < 4.78 is 7.20. The van der Waals surface area contributed by atoms with Crippen molar-refractivity contribution in [2.75, 3.05) is 19.8 Å². The van der Waals surface area contributed by atoms with Gasteiger partial charge in [0.05, 0.1) is 25.5 Å². The van der Waals surface area contributed by atoms with Crippen LogP contribution in [-0.4, -0.2) is 39.3 Å². The van der Waals surface area contributed by atoms with Gasteiger partial charge in [-0.05, 0) is 56.2 Å². The van der Waals surface area contributed by atoms with E-state index in [1.165, 1.54) is 0 Å². The number of aryl methyl sites for hydroxylation is 3. The summed E-state index contributed by atoms with van der Waals surface area (Å²) in [6.07, 6.45) is 1.76. The minimum Gasteiger partial charge on any atom is -0.378 e. The molecular weight excluding hydrogens is 402 g/mol. The lowest BCUT2D eigenvalue weighted by Crippen LogP contribution is -2.26. The number of hydrogen-bond acceptors (Lipinski definition) is 6. The molecule has 0 bridgehead atoms. The first-order chi connectivity index (χ1) is 15.5. The van der Waals surface area contributed by atoms with E-state index in [9.17, 15) is 4.79 Å². The summed E-state index contributed by atoms with van der Waals surface area (Å²) in [5, 5.41) is 0.813. The zero-order valence-electron chi connectivity index (χ0n) is 18.6. The van der Waals surface area contributed by atoms with E-state index in [-0.39, 0.29) is 5.56 Å². The molecule has 4 rings (SSSR count). The molecular formula is C25H27N5O2. The third kappa shape index (κ3) is 4.44. The monoisotopic (exact) mass is 429 g/mol. The standard InChI is InChI=1S/C25H27N5O2/c1-16-13-19(23-6-4-5-17(2)28-23)7-8-21(16)22-14-20-15-27-18(3)29-24(20)30(25(22)31)10-12-32-11-9-26/h4-8,13-15H,9-12,26H2,1-3H3. The third-order valence-corrected chi connectivity index (χ3v) is 5.37. The van der Waals surface area contributed by atoms with Crippen molar-refractivity contribution in [2.45, 2.75) is 27.3 Å². The van der Waals surface area contributed by atoms with E-state index in [1.54, 1.807) is 10.8 Å². The van der Waals surface area contributed by atoms with Crippen LogP contribution >= 0.6 is 0 Å². The third-order valence-electron chi connectivity index (χ3n) is 5.37. The molecule has 0 saturated heterocycles. The Morgan fingerprint density at radius 1 is 1.00 bits per heavy atom. The number of benzene rings is 1. The molecule has 1 aromatic carbocycles. The molecule has 0 amide bonds. The number of pyridine rings is 2. The van der Waals surface area contributed by atoms with Crippen molar-refractivity contribution in [1.29, 1.82) is 0 Å². The van der Waals surface area contributed by atoms with Crippen molar-refractivity contribution in [3.05, 3.63) is 76.1 Å². The maximum Gasteiger partial charge on any atom is 0.260 e. The summed E-state index contributed by atoms with van der Waals surface area (Å²) >= 11 is 0. The van der Waals surface area contributed by atoms with Gasteiger partial charge in [0, 0.05) is 34.9 Å². The van der Waals surface area contributed by atoms with E-state index >= 15 is 0 Å². The fourth-order valence-electron chi connectivity index (χ4n) is 3.81. The number of aromatic nitrogens is 4. The first-order valence-corrected chi connectivity index (χ1v) is 10.7. The van der Waals surface area contributed by atoms with Crippen LogP contribution in [0.1, 0.15) is 17.1 Å². The Morgan fingerprint density at radius 2 is 1.84 bits per heavy atom. The van der Waals surface area contributed by atoms with E-state index in [4.69, 9.17) is 10.5 Å². The second-order valence-electron chi connectivity index (χ2n) is 7.81. The summed E-state index contributed by atoms with van der Waals surface area (Å²) in [6.45, 7) is 7.48. The van der Waals surface area contributed by atoms with Crippen LogP contribution < -0.4 is 11.3 Å². The SMILES string of the molecule is Cc1cccc(-c2ccc(-c3cc4cnc(C)nc4n(CCOCCN)c3=O)c(C)c2)n1. The van der Waals surface area contributed by atoms with E-state index in [2.05, 4.69) is 21.0 Å². The summed E-state index contributed by atoms with van der Waals surface area (Å²) in [6, 6.07) is 13.9. The molecule has 0 fully saturated rings. The molecule has 0 aliphatic carbocycles. The number of rotatable bonds is 7. The largest absolute Gasteiger partial charge is 0.378 e. The van der Waals surface area contributed by atoms with Gasteiger partial charge in [-0.15, -0.1) is 0 Å². The fourth-order valence-corrected chi connectivity index (χ4v) is 3.81. The smallest absolute Gasteiger partial charge is 0.260 e. The minimum atomic E-state index is -0.100. The van der Waals surface area contributed by atoms with Gasteiger partial charge in [0.2, 0.25) is 0 Å². The lowest BCUT2D eigenvalue weighted by molar-refractivity contribution is 0.133. The second-order valence-corrected chi connectivity index (χ2v) is 7.81. The Labute approximate surface area is 186 Å². The zero-order valence-corrected chi connectivity index (χ0v) is 18.6. The molecule has 0 aliphatic heterocycles. The van der Waals surface area contributed by atoms with Crippen LogP contribution in [0.5, 0.6) is 0 Å². The van der Waals surface area contributed by atoms with Crippen LogP contribution in [0, 0.1) is 20.8 Å². The van der Waals surface area contributed by atoms with Crippen molar-refractivity contribution in [2.24, 2.45) is 5.73 Å². The lowest BCUT2D eigenvalue weighted by atomic mass is 9.97. The Kier molecular flexibility index (Phi) is 6.39. The molecule has 0 unspecified atom stereocenters. The van der Waals surface area contributed by atoms with Crippen LogP contribution in [0.25, 0.3) is 33.4 Å². The Bertz CT molecular complexity index is 1330. The highest BCUT2D eigenvalue weighted by Crippen LogP contribution is 2.28. The predicted molar refractivity (Wildman–Crippen MR) is 127 cm³/mol. The number of nitrogens with two attached hydrogens (primary N) is 1. The lowest BCUT2D eigenvalue weighted by Gasteiger charge is -2.14. The summed E-state index contributed by atoms with van der Waals surface area (Å²) in [5.74, 6) is 0.618. The van der Waals surface area contributed by atoms with Crippen molar-refractivity contribution >= 4 is 11.0 Å². The molecule has 0 radical (unpaired) electrons. The molecule has 7 heteroatoms. The van der Waals surface area contributed by atoms with Crippen LogP contribution in [0.2, 0.25) is 0 Å². The molecule has 4 aromatic rings. The van der Waals surface area contributed by atoms with Crippen molar-refractivity contribution < 1.29 is 4.74 Å². The highest BCUT2D eigenvalue weighted by Gasteiger charge is 2.15. The maximum atomic E-state index is 13.5. The number of hydrogen-bond donors (Lipinski definition) is 1. The Hall–Kier alpha value is -3.42. The highest BCUT2D eigenvalue weighted by atomic mass is 16.5. The first-order valence-electron chi connectivity index (χ1n) is 10.7. The summed E-state index contributed by atoms with van der Waals surface area (Å²) in [5.41, 5.74) is 11.4. The Morgan fingerprint density at radius 3 is 2.59 bits per heavy atom. The molecule has 3 aromatic heterocycles. The number of ether oxygens (including phenoxy) is 1. The van der Waals surface area contributed by atoms with E-state index in [0.29, 0.717) is 43.3 Å². The van der Waals surface area contributed by atoms with Gasteiger partial charge in [-0.2, -0.15) is 0 Å². The van der Waals surface area contributed by atoms with Gasteiger partial charge in [-0.1, -0.05) is 18.2 Å². The normalized spacial score (nSPS) is 11.2. The zero-order chi connectivity index (χ0) is 22.7. The van der Waals surface area contributed by atoms with Gasteiger partial charge in [-0.25, -0.2) is 9.97 Å². The van der Waals surface area contributed by atoms with Gasteiger partial charge in [-0.3, -0.25) is 14.3 Å². The van der Waals surface area contributed by atoms with E-state index in [1.807, 2.05) is 57.2 Å². The van der Waals surface area contributed by atoms with Crippen LogP contribution in [0.15, 0.2) is 53.5 Å². The summed E-state index contributed by atoms with van der Waals surface area (Å²) in [4.78, 5) is 27.0. The molecule has 3 heterocycles. The first kappa shape index (κ1) is 21.8. The van der Waals surface area contributed by atoms with Gasteiger partial charge < -0.3 is 10.5 Å². The Balaban J connectivity index is 1.81. The van der Waals surface area contributed by atoms with Crippen molar-refractivity contribution in [3.63, 3.8) is 0 Å². The predicted octanol–water partition coefficient (Wildman–Crippen LogP) is 3.42. The molecule has 0 spiro atoms. The molecule has 0 atom stereocenters. The molecule has 2 N–H and O–H groups in total. The van der Waals surface area contributed by atoms with Gasteiger partial charge in [0.1, 0.15) is 11.5 Å². The maximum absolute atomic E-state index is 13.5. The highest BCUT2D eigenvalue weighted by molar-refractivity contribution is 5.82. The summed E-state index contributed by atoms with van der Waals surface area (Å²) in [7, 11) is 0. The number of nitrogens with zero attached hydrogens (tertiary/aromatic N) is 4. The van der Waals surface area contributed by atoms with Gasteiger partial charge in [0.25, 0.3) is 5.56 Å². The number of fused-ring (bicyclic) bond motifs is 1. The van der Waals surface area contributed by atoms with E-state index < -0.39 is 0 Å². The molecule has 7 nitrogen and oxygen atoms in total. The quantitative estimate of drug-likeness (QED) is 0.452. The molecule has 0 aliphatic rings.